The van der Waals surface area contributed by atoms with Crippen LogP contribution in [0.3, 0.4) is 0 Å². The number of methoxy groups -OCH3 is 1. The molecule has 0 radical (unpaired) electrons. The molecule has 0 aliphatic carbocycles. The molecule has 1 aromatic rings. The van der Waals surface area contributed by atoms with Crippen LogP contribution in [-0.2, 0) is 16.1 Å². The smallest absolute Gasteiger partial charge is 0.240 e. The first-order valence-electron chi connectivity index (χ1n) is 8.59. The zero-order valence-corrected chi connectivity index (χ0v) is 14.9. The number of amides is 1. The van der Waals surface area contributed by atoms with Crippen molar-refractivity contribution in [2.45, 2.75) is 45.3 Å². The Labute approximate surface area is 144 Å². The second-order valence-corrected chi connectivity index (χ2v) is 6.56. The Hall–Kier alpha value is -1.90. The standard InChI is InChI=1S/C19H27N3O2/c1-15(2)22-10-4-5-18(19(22)23)21(11-12-24-3)14-17-8-6-16(13-20)7-9-17/h6-9,15,18H,4-5,10-12,14H2,1-3H3/t18-/m0/s1. The van der Waals surface area contributed by atoms with E-state index in [4.69, 9.17) is 10.00 Å². The Morgan fingerprint density at radius 3 is 2.67 bits per heavy atom. The van der Waals surface area contributed by atoms with Crippen LogP contribution in [0, 0.1) is 11.3 Å². The van der Waals surface area contributed by atoms with Crippen molar-refractivity contribution in [1.29, 1.82) is 5.26 Å². The first-order valence-corrected chi connectivity index (χ1v) is 8.59. The highest BCUT2D eigenvalue weighted by Gasteiger charge is 2.34. The lowest BCUT2D eigenvalue weighted by Crippen LogP contribution is -2.54. The van der Waals surface area contributed by atoms with Gasteiger partial charge in [0.1, 0.15) is 0 Å². The summed E-state index contributed by atoms with van der Waals surface area (Å²) in [5.41, 5.74) is 1.77. The second-order valence-electron chi connectivity index (χ2n) is 6.56. The zero-order chi connectivity index (χ0) is 17.5. The van der Waals surface area contributed by atoms with Gasteiger partial charge in [0.05, 0.1) is 24.3 Å². The van der Waals surface area contributed by atoms with Crippen LogP contribution in [0.5, 0.6) is 0 Å². The van der Waals surface area contributed by atoms with Crippen molar-refractivity contribution >= 4 is 5.91 Å². The molecule has 1 amide bonds. The zero-order valence-electron chi connectivity index (χ0n) is 14.9. The summed E-state index contributed by atoms with van der Waals surface area (Å²) < 4.78 is 5.24. The Kier molecular flexibility index (Phi) is 6.77. The van der Waals surface area contributed by atoms with E-state index in [2.05, 4.69) is 24.8 Å². The molecule has 1 aliphatic heterocycles. The number of nitrogens with zero attached hydrogens (tertiary/aromatic N) is 3. The summed E-state index contributed by atoms with van der Waals surface area (Å²) in [6.07, 6.45) is 1.92. The summed E-state index contributed by atoms with van der Waals surface area (Å²) in [5.74, 6) is 0.223. The number of ether oxygens (including phenoxy) is 1. The lowest BCUT2D eigenvalue weighted by molar-refractivity contribution is -0.142. The normalized spacial score (nSPS) is 18.2. The number of hydrogen-bond donors (Lipinski definition) is 0. The minimum absolute atomic E-state index is 0.0908. The molecule has 0 bridgehead atoms. The number of hydrogen-bond acceptors (Lipinski definition) is 4. The van der Waals surface area contributed by atoms with E-state index >= 15 is 0 Å². The van der Waals surface area contributed by atoms with Crippen LogP contribution in [0.15, 0.2) is 24.3 Å². The average Bonchev–Trinajstić information content (AvgIpc) is 2.59. The van der Waals surface area contributed by atoms with E-state index in [1.165, 1.54) is 0 Å². The summed E-state index contributed by atoms with van der Waals surface area (Å²) in [7, 11) is 1.68. The molecular weight excluding hydrogens is 302 g/mol. The van der Waals surface area contributed by atoms with Gasteiger partial charge in [-0.3, -0.25) is 9.69 Å². The summed E-state index contributed by atoms with van der Waals surface area (Å²) >= 11 is 0. The molecule has 5 heteroatoms. The average molecular weight is 329 g/mol. The van der Waals surface area contributed by atoms with Crippen LogP contribution in [0.2, 0.25) is 0 Å². The van der Waals surface area contributed by atoms with Crippen LogP contribution in [0.25, 0.3) is 0 Å². The molecular formula is C19H27N3O2. The van der Waals surface area contributed by atoms with E-state index in [1.807, 2.05) is 29.2 Å². The third kappa shape index (κ3) is 4.56. The van der Waals surface area contributed by atoms with E-state index in [1.54, 1.807) is 7.11 Å². The Bertz CT molecular complexity index is 577. The highest BCUT2D eigenvalue weighted by atomic mass is 16.5. The van der Waals surface area contributed by atoms with Crippen LogP contribution < -0.4 is 0 Å². The monoisotopic (exact) mass is 329 g/mol. The molecule has 0 aromatic heterocycles. The number of piperidine rings is 1. The van der Waals surface area contributed by atoms with Crippen LogP contribution >= 0.6 is 0 Å². The maximum Gasteiger partial charge on any atom is 0.240 e. The molecule has 1 fully saturated rings. The van der Waals surface area contributed by atoms with Gasteiger partial charge in [-0.1, -0.05) is 12.1 Å². The lowest BCUT2D eigenvalue weighted by atomic mass is 10.0. The number of carbonyl (C=O) groups excluding carboxylic acids is 1. The first kappa shape index (κ1) is 18.4. The van der Waals surface area contributed by atoms with Gasteiger partial charge in [0.25, 0.3) is 0 Å². The van der Waals surface area contributed by atoms with E-state index in [9.17, 15) is 4.79 Å². The van der Waals surface area contributed by atoms with E-state index in [0.717, 1.165) is 31.5 Å². The van der Waals surface area contributed by atoms with Crippen LogP contribution in [0.4, 0.5) is 0 Å². The van der Waals surface area contributed by atoms with Gasteiger partial charge in [0, 0.05) is 32.8 Å². The fourth-order valence-corrected chi connectivity index (χ4v) is 3.20. The topological polar surface area (TPSA) is 56.6 Å². The molecule has 0 N–H and O–H groups in total. The minimum Gasteiger partial charge on any atom is -0.383 e. The summed E-state index contributed by atoms with van der Waals surface area (Å²) in [6, 6.07) is 9.86. The number of rotatable bonds is 7. The Morgan fingerprint density at radius 1 is 1.38 bits per heavy atom. The predicted molar refractivity (Wildman–Crippen MR) is 93.3 cm³/mol. The summed E-state index contributed by atoms with van der Waals surface area (Å²) in [4.78, 5) is 17.1. The molecule has 2 rings (SSSR count). The van der Waals surface area contributed by atoms with Crippen molar-refractivity contribution < 1.29 is 9.53 Å². The molecule has 130 valence electrons. The molecule has 0 saturated carbocycles. The van der Waals surface area contributed by atoms with Gasteiger partial charge in [-0.2, -0.15) is 5.26 Å². The summed E-state index contributed by atoms with van der Waals surface area (Å²) in [6.45, 7) is 7.00. The highest BCUT2D eigenvalue weighted by molar-refractivity contribution is 5.82. The first-order chi connectivity index (χ1) is 11.6. The molecule has 1 saturated heterocycles. The fourth-order valence-electron chi connectivity index (χ4n) is 3.20. The SMILES string of the molecule is COCCN(Cc1ccc(C#N)cc1)[C@H]1CCCN(C(C)C)C1=O. The maximum absolute atomic E-state index is 12.9. The van der Waals surface area contributed by atoms with Gasteiger partial charge in [0.15, 0.2) is 0 Å². The molecule has 1 aromatic carbocycles. The highest BCUT2D eigenvalue weighted by Crippen LogP contribution is 2.21. The minimum atomic E-state index is -0.0908. The molecule has 5 nitrogen and oxygen atoms in total. The predicted octanol–water partition coefficient (Wildman–Crippen LogP) is 2.41. The molecule has 1 atom stereocenters. The van der Waals surface area contributed by atoms with Gasteiger partial charge in [-0.05, 0) is 44.4 Å². The third-order valence-corrected chi connectivity index (χ3v) is 4.56. The fraction of sp³-hybridized carbons (Fsp3) is 0.579. The molecule has 0 unspecified atom stereocenters. The van der Waals surface area contributed by atoms with Crippen LogP contribution in [-0.4, -0.2) is 54.6 Å². The molecule has 1 aliphatic rings. The Morgan fingerprint density at radius 2 is 2.08 bits per heavy atom. The van der Waals surface area contributed by atoms with Crippen molar-refractivity contribution in [3.63, 3.8) is 0 Å². The quantitative estimate of drug-likeness (QED) is 0.771. The lowest BCUT2D eigenvalue weighted by Gasteiger charge is -2.40. The van der Waals surface area contributed by atoms with Gasteiger partial charge in [-0.15, -0.1) is 0 Å². The van der Waals surface area contributed by atoms with Crippen molar-refractivity contribution in [1.82, 2.24) is 9.80 Å². The van der Waals surface area contributed by atoms with Crippen molar-refractivity contribution in [3.05, 3.63) is 35.4 Å². The van der Waals surface area contributed by atoms with Crippen molar-refractivity contribution in [3.8, 4) is 6.07 Å². The van der Waals surface area contributed by atoms with E-state index in [0.29, 0.717) is 18.7 Å². The molecule has 0 spiro atoms. The number of nitriles is 1. The van der Waals surface area contributed by atoms with E-state index < -0.39 is 0 Å². The van der Waals surface area contributed by atoms with Gasteiger partial charge >= 0.3 is 0 Å². The van der Waals surface area contributed by atoms with Gasteiger partial charge < -0.3 is 9.64 Å². The Balaban J connectivity index is 2.14. The van der Waals surface area contributed by atoms with E-state index in [-0.39, 0.29) is 18.0 Å². The van der Waals surface area contributed by atoms with Crippen LogP contribution in [0.1, 0.15) is 37.8 Å². The second kappa shape index (κ2) is 8.81. The number of benzene rings is 1. The molecule has 1 heterocycles. The maximum atomic E-state index is 12.9. The third-order valence-electron chi connectivity index (χ3n) is 4.56. The van der Waals surface area contributed by atoms with Gasteiger partial charge in [-0.25, -0.2) is 0 Å². The van der Waals surface area contributed by atoms with Crippen molar-refractivity contribution in [2.24, 2.45) is 0 Å². The summed E-state index contributed by atoms with van der Waals surface area (Å²) in [5, 5.41) is 8.92. The van der Waals surface area contributed by atoms with Gasteiger partial charge in [0.2, 0.25) is 5.91 Å². The molecule has 24 heavy (non-hydrogen) atoms. The number of likely N-dealkylation sites (tertiary alicyclic amines) is 1. The number of carbonyl (C=O) groups is 1. The van der Waals surface area contributed by atoms with Crippen molar-refractivity contribution in [2.75, 3.05) is 26.8 Å². The largest absolute Gasteiger partial charge is 0.383 e.